The number of fused-ring (bicyclic) bond motifs is 1. The highest BCUT2D eigenvalue weighted by Crippen LogP contribution is 2.43. The van der Waals surface area contributed by atoms with Gasteiger partial charge in [0, 0.05) is 46.3 Å². The van der Waals surface area contributed by atoms with Gasteiger partial charge in [-0.15, -0.1) is 0 Å². The Morgan fingerprint density at radius 2 is 1.97 bits per heavy atom. The fourth-order valence-corrected chi connectivity index (χ4v) is 5.26. The molecular formula is C23H24Cl2N4O. The first kappa shape index (κ1) is 19.9. The Labute approximate surface area is 186 Å². The van der Waals surface area contributed by atoms with Gasteiger partial charge in [0.1, 0.15) is 11.9 Å². The van der Waals surface area contributed by atoms with Crippen molar-refractivity contribution in [3.63, 3.8) is 0 Å². The number of benzene rings is 2. The molecule has 30 heavy (non-hydrogen) atoms. The molecule has 2 aromatic carbocycles. The molecule has 2 heterocycles. The van der Waals surface area contributed by atoms with E-state index in [1.54, 1.807) is 12.5 Å². The Kier molecular flexibility index (Phi) is 5.46. The summed E-state index contributed by atoms with van der Waals surface area (Å²) in [6, 6.07) is 12.3. The summed E-state index contributed by atoms with van der Waals surface area (Å²) in [5, 5.41) is 1.35. The summed E-state index contributed by atoms with van der Waals surface area (Å²) >= 11 is 12.9. The standard InChI is InChI=1S/C23H24Cl2N4O/c24-15-10-20-19(21(25)11-15)12-22(28-8-1-2-16(26)13-28)23(20)30-18-5-3-17(4-6-18)29-9-7-27-14-29/h3-7,9-11,14,16,22-23H,1-2,8,12-13,26H2/t16-,22+,23+/m1/s1. The maximum absolute atomic E-state index is 6.56. The fraction of sp³-hybridized carbons (Fsp3) is 0.348. The first-order valence-corrected chi connectivity index (χ1v) is 11.1. The summed E-state index contributed by atoms with van der Waals surface area (Å²) in [7, 11) is 0. The van der Waals surface area contributed by atoms with E-state index in [2.05, 4.69) is 9.88 Å². The summed E-state index contributed by atoms with van der Waals surface area (Å²) in [5.41, 5.74) is 9.52. The van der Waals surface area contributed by atoms with Crippen LogP contribution in [0.25, 0.3) is 5.69 Å². The SMILES string of the molecule is N[C@@H]1CCCN([C@H]2Cc3c(Cl)cc(Cl)cc3[C@@H]2Oc2ccc(-n3ccnc3)cc2)C1. The third-order valence-electron chi connectivity index (χ3n) is 6.12. The van der Waals surface area contributed by atoms with Crippen molar-refractivity contribution in [3.8, 4) is 11.4 Å². The van der Waals surface area contributed by atoms with E-state index >= 15 is 0 Å². The molecule has 0 amide bonds. The molecule has 0 bridgehead atoms. The number of piperidine rings is 1. The molecule has 0 unspecified atom stereocenters. The average molecular weight is 443 g/mol. The van der Waals surface area contributed by atoms with Crippen LogP contribution in [-0.4, -0.2) is 39.6 Å². The van der Waals surface area contributed by atoms with Crippen molar-refractivity contribution in [2.45, 2.75) is 37.5 Å². The number of halogens is 2. The van der Waals surface area contributed by atoms with Crippen LogP contribution in [-0.2, 0) is 6.42 Å². The lowest BCUT2D eigenvalue weighted by molar-refractivity contribution is 0.0593. The van der Waals surface area contributed by atoms with Gasteiger partial charge in [-0.05, 0) is 67.8 Å². The number of aromatic nitrogens is 2. The number of hydrogen-bond acceptors (Lipinski definition) is 4. The van der Waals surface area contributed by atoms with E-state index < -0.39 is 0 Å². The minimum Gasteiger partial charge on any atom is -0.484 e. The predicted molar refractivity (Wildman–Crippen MR) is 120 cm³/mol. The zero-order chi connectivity index (χ0) is 20.7. The highest BCUT2D eigenvalue weighted by atomic mass is 35.5. The summed E-state index contributed by atoms with van der Waals surface area (Å²) < 4.78 is 8.52. The highest BCUT2D eigenvalue weighted by molar-refractivity contribution is 6.35. The van der Waals surface area contributed by atoms with Crippen molar-refractivity contribution >= 4 is 23.2 Å². The monoisotopic (exact) mass is 442 g/mol. The molecule has 0 spiro atoms. The van der Waals surface area contributed by atoms with E-state index in [0.717, 1.165) is 54.9 Å². The third kappa shape index (κ3) is 3.83. The Morgan fingerprint density at radius 3 is 2.70 bits per heavy atom. The van der Waals surface area contributed by atoms with Crippen molar-refractivity contribution in [3.05, 3.63) is 76.3 Å². The predicted octanol–water partition coefficient (Wildman–Crippen LogP) is 4.65. The Bertz CT molecular complexity index is 1020. The van der Waals surface area contributed by atoms with E-state index in [1.807, 2.05) is 47.2 Å². The van der Waals surface area contributed by atoms with Gasteiger partial charge in [-0.1, -0.05) is 23.2 Å². The highest BCUT2D eigenvalue weighted by Gasteiger charge is 2.40. The number of hydrogen-bond donors (Lipinski definition) is 1. The molecule has 0 saturated carbocycles. The van der Waals surface area contributed by atoms with Crippen LogP contribution in [0.2, 0.25) is 10.0 Å². The van der Waals surface area contributed by atoms with Crippen molar-refractivity contribution in [2.75, 3.05) is 13.1 Å². The zero-order valence-electron chi connectivity index (χ0n) is 16.5. The number of likely N-dealkylation sites (tertiary alicyclic amines) is 1. The maximum atomic E-state index is 6.56. The van der Waals surface area contributed by atoms with Crippen LogP contribution in [0.15, 0.2) is 55.1 Å². The minimum absolute atomic E-state index is 0.138. The molecular weight excluding hydrogens is 419 g/mol. The van der Waals surface area contributed by atoms with Gasteiger partial charge >= 0.3 is 0 Å². The zero-order valence-corrected chi connectivity index (χ0v) is 18.1. The van der Waals surface area contributed by atoms with Gasteiger partial charge in [-0.2, -0.15) is 0 Å². The number of rotatable bonds is 4. The number of nitrogens with zero attached hydrogens (tertiary/aromatic N) is 3. The van der Waals surface area contributed by atoms with Crippen molar-refractivity contribution in [1.29, 1.82) is 0 Å². The van der Waals surface area contributed by atoms with Crippen LogP contribution >= 0.6 is 23.2 Å². The van der Waals surface area contributed by atoms with Gasteiger partial charge < -0.3 is 15.0 Å². The molecule has 5 rings (SSSR count). The van der Waals surface area contributed by atoms with Crippen molar-refractivity contribution in [1.82, 2.24) is 14.5 Å². The van der Waals surface area contributed by atoms with Crippen LogP contribution in [0.3, 0.4) is 0 Å². The summed E-state index contributed by atoms with van der Waals surface area (Å²) in [4.78, 5) is 6.57. The average Bonchev–Trinajstić information content (AvgIpc) is 3.38. The number of ether oxygens (including phenoxy) is 1. The fourth-order valence-electron chi connectivity index (χ4n) is 4.68. The van der Waals surface area contributed by atoms with E-state index in [9.17, 15) is 0 Å². The molecule has 1 saturated heterocycles. The lowest BCUT2D eigenvalue weighted by Gasteiger charge is -2.38. The van der Waals surface area contributed by atoms with E-state index in [-0.39, 0.29) is 18.2 Å². The van der Waals surface area contributed by atoms with Crippen LogP contribution in [0, 0.1) is 0 Å². The first-order chi connectivity index (χ1) is 14.6. The number of nitrogens with two attached hydrogens (primary N) is 1. The molecule has 1 aliphatic heterocycles. The molecule has 0 radical (unpaired) electrons. The van der Waals surface area contributed by atoms with Gasteiger partial charge in [0.05, 0.1) is 12.4 Å². The Hall–Kier alpha value is -2.05. The summed E-state index contributed by atoms with van der Waals surface area (Å²) in [6.07, 6.45) is 8.35. The molecule has 3 atom stereocenters. The van der Waals surface area contributed by atoms with E-state index in [1.165, 1.54) is 0 Å². The molecule has 1 fully saturated rings. The summed E-state index contributed by atoms with van der Waals surface area (Å²) in [6.45, 7) is 1.90. The molecule has 7 heteroatoms. The molecule has 3 aromatic rings. The lowest BCUT2D eigenvalue weighted by atomic mass is 10.0. The summed E-state index contributed by atoms with van der Waals surface area (Å²) in [5.74, 6) is 0.819. The maximum Gasteiger partial charge on any atom is 0.140 e. The van der Waals surface area contributed by atoms with Gasteiger partial charge in [0.15, 0.2) is 0 Å². The smallest absolute Gasteiger partial charge is 0.140 e. The topological polar surface area (TPSA) is 56.3 Å². The van der Waals surface area contributed by atoms with Crippen LogP contribution < -0.4 is 10.5 Å². The second-order valence-electron chi connectivity index (χ2n) is 8.13. The molecule has 1 aromatic heterocycles. The largest absolute Gasteiger partial charge is 0.484 e. The molecule has 5 nitrogen and oxygen atoms in total. The van der Waals surface area contributed by atoms with Gasteiger partial charge in [-0.25, -0.2) is 4.98 Å². The lowest BCUT2D eigenvalue weighted by Crippen LogP contribution is -2.49. The van der Waals surface area contributed by atoms with Crippen molar-refractivity contribution < 1.29 is 4.74 Å². The second kappa shape index (κ2) is 8.23. The Morgan fingerprint density at radius 1 is 1.13 bits per heavy atom. The molecule has 156 valence electrons. The van der Waals surface area contributed by atoms with Crippen molar-refractivity contribution in [2.24, 2.45) is 5.73 Å². The molecule has 2 N–H and O–H groups in total. The normalized spacial score (nSPS) is 24.0. The van der Waals surface area contributed by atoms with Crippen LogP contribution in [0.5, 0.6) is 5.75 Å². The van der Waals surface area contributed by atoms with E-state index in [0.29, 0.717) is 10.0 Å². The quantitative estimate of drug-likeness (QED) is 0.638. The molecule has 2 aliphatic rings. The number of imidazole rings is 1. The molecule has 1 aliphatic carbocycles. The van der Waals surface area contributed by atoms with Gasteiger partial charge in [0.25, 0.3) is 0 Å². The van der Waals surface area contributed by atoms with Gasteiger partial charge in [0.2, 0.25) is 0 Å². The van der Waals surface area contributed by atoms with Crippen LogP contribution in [0.1, 0.15) is 30.1 Å². The minimum atomic E-state index is -0.138. The third-order valence-corrected chi connectivity index (χ3v) is 6.68. The van der Waals surface area contributed by atoms with Crippen LogP contribution in [0.4, 0.5) is 0 Å². The van der Waals surface area contributed by atoms with E-state index in [4.69, 9.17) is 33.7 Å². The van der Waals surface area contributed by atoms with Gasteiger partial charge in [-0.3, -0.25) is 4.90 Å². The first-order valence-electron chi connectivity index (χ1n) is 10.3. The second-order valence-corrected chi connectivity index (χ2v) is 8.97. The Balaban J connectivity index is 1.45.